The summed E-state index contributed by atoms with van der Waals surface area (Å²) in [7, 11) is -4.67. The zero-order chi connectivity index (χ0) is 22.0. The number of alkyl carbamates (subject to hydrolysis) is 1. The van der Waals surface area contributed by atoms with Gasteiger partial charge >= 0.3 is 52.0 Å². The molecule has 0 fully saturated rings. The van der Waals surface area contributed by atoms with Gasteiger partial charge in [-0.15, -0.1) is 0 Å². The predicted molar refractivity (Wildman–Crippen MR) is 108 cm³/mol. The van der Waals surface area contributed by atoms with Gasteiger partial charge in [0.2, 0.25) is 0 Å². The van der Waals surface area contributed by atoms with Gasteiger partial charge in [-0.25, -0.2) is 9.59 Å². The van der Waals surface area contributed by atoms with Gasteiger partial charge < -0.3 is 16.6 Å². The molecule has 4 N–H and O–H groups in total. The van der Waals surface area contributed by atoms with Gasteiger partial charge in [0.1, 0.15) is 6.04 Å². The second-order valence-electron chi connectivity index (χ2n) is 6.80. The Bertz CT molecular complexity index is 550. The number of hydrogen-bond acceptors (Lipinski definition) is 5. The first-order valence-electron chi connectivity index (χ1n) is 9.52. The third kappa shape index (κ3) is 32.2. The molecule has 0 saturated heterocycles. The van der Waals surface area contributed by atoms with Crippen molar-refractivity contribution in [1.29, 1.82) is 0 Å². The van der Waals surface area contributed by atoms with Crippen molar-refractivity contribution in [3.05, 3.63) is 12.3 Å². The average Bonchev–Trinajstić information content (AvgIpc) is 2.54. The fourth-order valence-electron chi connectivity index (χ4n) is 2.27. The quantitative estimate of drug-likeness (QED) is 0.142. The van der Waals surface area contributed by atoms with Gasteiger partial charge in [0, 0.05) is 0 Å². The van der Waals surface area contributed by atoms with E-state index in [-0.39, 0.29) is 36.9 Å². The van der Waals surface area contributed by atoms with Crippen LogP contribution in [0.3, 0.4) is 0 Å². The maximum atomic E-state index is 11.5. The molecule has 0 aromatic carbocycles. The summed E-state index contributed by atoms with van der Waals surface area (Å²) >= 11 is 0. The summed E-state index contributed by atoms with van der Waals surface area (Å²) in [4.78, 5) is 22.6. The van der Waals surface area contributed by atoms with Gasteiger partial charge in [-0.05, 0) is 31.3 Å². The van der Waals surface area contributed by atoms with E-state index in [0.717, 1.165) is 12.8 Å². The third-order valence-corrected chi connectivity index (χ3v) is 3.54. The number of carbonyl (C=O) groups excluding carboxylic acids is 1. The monoisotopic (exact) mass is 449 g/mol. The largest absolute Gasteiger partial charge is 1.00 e. The summed E-state index contributed by atoms with van der Waals surface area (Å²) < 4.78 is 36.5. The summed E-state index contributed by atoms with van der Waals surface area (Å²) in [5, 5.41) is 11.4. The number of amides is 1. The fraction of sp³-hybridized carbons (Fsp3) is 0.778. The van der Waals surface area contributed by atoms with Gasteiger partial charge in [0.15, 0.2) is 0 Å². The molecule has 0 aromatic rings. The third-order valence-electron chi connectivity index (χ3n) is 3.54. The van der Waals surface area contributed by atoms with E-state index < -0.39 is 28.5 Å². The first kappa shape index (κ1) is 33.0. The Morgan fingerprint density at radius 3 is 2.00 bits per heavy atom. The molecule has 168 valence electrons. The maximum absolute atomic E-state index is 11.5. The van der Waals surface area contributed by atoms with Crippen molar-refractivity contribution in [1.82, 2.24) is 5.32 Å². The van der Waals surface area contributed by atoms with Crippen molar-refractivity contribution in [2.45, 2.75) is 84.6 Å². The van der Waals surface area contributed by atoms with Gasteiger partial charge in [-0.1, -0.05) is 59.3 Å². The molecule has 0 heterocycles. The number of rotatable bonds is 13. The van der Waals surface area contributed by atoms with Gasteiger partial charge in [-0.3, -0.25) is 9.11 Å². The second-order valence-corrected chi connectivity index (χ2v) is 7.70. The minimum Gasteiger partial charge on any atom is -1.00 e. The number of hydrogen-bond donors (Lipinski definition) is 4. The zero-order valence-electron chi connectivity index (χ0n) is 19.0. The molecule has 0 radical (unpaired) electrons. The molecule has 0 aromatic heterocycles. The van der Waals surface area contributed by atoms with Crippen molar-refractivity contribution in [3.63, 3.8) is 0 Å². The summed E-state index contributed by atoms with van der Waals surface area (Å²) in [6.07, 6.45) is 12.4. The normalized spacial score (nSPS) is 11.9. The molecular weight excluding hydrogens is 413 g/mol. The topological polar surface area (TPSA) is 150 Å². The smallest absolute Gasteiger partial charge is 1.00 e. The minimum absolute atomic E-state index is 0. The standard InChI is InChI=1S/C18H33NO4.Na.H2O4S.H/c1-4-5-6-7-8-9-10-11-12-13-23-18(22)19-16(17(20)21)14-15(2)3;;1-5(2,3)4;/h12-13,15-16H,4-11,14H2,1-3H3,(H,19,22)(H,20,21);;(H2,1,2,3,4);/q;+1;;-1/t16-;;;/m0.../s1. The Balaban J connectivity index is -0.000000429. The second kappa shape index (κ2) is 20.6. The number of aliphatic carboxylic acids is 1. The van der Waals surface area contributed by atoms with Crippen molar-refractivity contribution >= 4 is 22.5 Å². The molecule has 0 unspecified atom stereocenters. The summed E-state index contributed by atoms with van der Waals surface area (Å²) in [5.41, 5.74) is 0. The number of ether oxygens (including phenoxy) is 1. The molecule has 0 spiro atoms. The molecule has 0 bridgehead atoms. The Kier molecular flexibility index (Phi) is 23.5. The molecule has 0 aliphatic heterocycles. The molecule has 0 aliphatic carbocycles. The van der Waals surface area contributed by atoms with E-state index >= 15 is 0 Å². The predicted octanol–water partition coefficient (Wildman–Crippen LogP) is 1.33. The molecule has 29 heavy (non-hydrogen) atoms. The molecule has 0 aliphatic rings. The van der Waals surface area contributed by atoms with Crippen molar-refractivity contribution in [2.75, 3.05) is 0 Å². The minimum atomic E-state index is -4.67. The van der Waals surface area contributed by atoms with Crippen LogP contribution in [0.4, 0.5) is 4.79 Å². The first-order valence-corrected chi connectivity index (χ1v) is 10.9. The molecule has 1 atom stereocenters. The average molecular weight is 450 g/mol. The van der Waals surface area contributed by atoms with Crippen molar-refractivity contribution < 1.29 is 67.9 Å². The molecule has 11 heteroatoms. The Morgan fingerprint density at radius 1 is 1.07 bits per heavy atom. The van der Waals surface area contributed by atoms with Gasteiger partial charge in [0.25, 0.3) is 0 Å². The summed E-state index contributed by atoms with van der Waals surface area (Å²) in [6, 6.07) is -0.904. The molecule has 1 amide bonds. The van der Waals surface area contributed by atoms with Gasteiger partial charge in [0.05, 0.1) is 6.26 Å². The van der Waals surface area contributed by atoms with E-state index in [1.165, 1.54) is 44.8 Å². The van der Waals surface area contributed by atoms with E-state index in [2.05, 4.69) is 12.2 Å². The number of carboxylic acid groups (broad SMARTS) is 1. The van der Waals surface area contributed by atoms with E-state index in [1.807, 2.05) is 19.9 Å². The van der Waals surface area contributed by atoms with Crippen LogP contribution in [0.5, 0.6) is 0 Å². The number of carboxylic acids is 1. The molecule has 0 rings (SSSR count). The van der Waals surface area contributed by atoms with Crippen LogP contribution in [0.15, 0.2) is 12.3 Å². The first-order chi connectivity index (χ1) is 13.0. The summed E-state index contributed by atoms with van der Waals surface area (Å²) in [5.74, 6) is -0.855. The number of carbonyl (C=O) groups is 2. The molecule has 9 nitrogen and oxygen atoms in total. The number of unbranched alkanes of at least 4 members (excludes halogenated alkanes) is 7. The Hall–Kier alpha value is -0.650. The van der Waals surface area contributed by atoms with Crippen molar-refractivity contribution in [3.8, 4) is 0 Å². The molecular formula is C18H36NNaO8S. The number of nitrogens with one attached hydrogen (secondary N) is 1. The van der Waals surface area contributed by atoms with E-state index in [0.29, 0.717) is 6.42 Å². The van der Waals surface area contributed by atoms with Crippen molar-refractivity contribution in [2.24, 2.45) is 5.92 Å². The van der Waals surface area contributed by atoms with E-state index in [9.17, 15) is 9.59 Å². The van der Waals surface area contributed by atoms with Crippen LogP contribution in [-0.4, -0.2) is 40.7 Å². The van der Waals surface area contributed by atoms with Crippen LogP contribution in [0, 0.1) is 5.92 Å². The van der Waals surface area contributed by atoms with E-state index in [4.69, 9.17) is 27.4 Å². The van der Waals surface area contributed by atoms with E-state index in [1.54, 1.807) is 0 Å². The summed E-state index contributed by atoms with van der Waals surface area (Å²) in [6.45, 7) is 6.03. The van der Waals surface area contributed by atoms with Crippen LogP contribution in [0.25, 0.3) is 0 Å². The van der Waals surface area contributed by atoms with Crippen LogP contribution in [0.2, 0.25) is 0 Å². The van der Waals surface area contributed by atoms with Crippen LogP contribution in [0.1, 0.15) is 80.0 Å². The Morgan fingerprint density at radius 2 is 1.55 bits per heavy atom. The van der Waals surface area contributed by atoms with Crippen LogP contribution < -0.4 is 34.9 Å². The number of allylic oxidation sites excluding steroid dienone is 1. The fourth-order valence-corrected chi connectivity index (χ4v) is 2.27. The van der Waals surface area contributed by atoms with Crippen LogP contribution >= 0.6 is 0 Å². The van der Waals surface area contributed by atoms with Crippen LogP contribution in [-0.2, 0) is 19.9 Å². The van der Waals surface area contributed by atoms with Gasteiger partial charge in [-0.2, -0.15) is 8.42 Å². The Labute approximate surface area is 198 Å². The molecule has 0 saturated carbocycles. The SMILES string of the molecule is CCCCCCCCCC=COC(=O)N[C@@H](CC(C)C)C(=O)O.O=S(=O)(O)O.[H-].[Na+]. The zero-order valence-corrected chi connectivity index (χ0v) is 20.8. The maximum Gasteiger partial charge on any atom is 1.00 e.